The maximum absolute atomic E-state index is 12.7. The topological polar surface area (TPSA) is 64.1 Å². The summed E-state index contributed by atoms with van der Waals surface area (Å²) in [7, 11) is 0. The van der Waals surface area contributed by atoms with Crippen molar-refractivity contribution in [3.63, 3.8) is 0 Å². The monoisotopic (exact) mass is 445 g/mol. The van der Waals surface area contributed by atoms with Crippen LogP contribution in [0.3, 0.4) is 0 Å². The third kappa shape index (κ3) is 5.32. The predicted octanol–water partition coefficient (Wildman–Crippen LogP) is 6.74. The zero-order valence-electron chi connectivity index (χ0n) is 18.4. The first-order valence-electron chi connectivity index (χ1n) is 11.1. The van der Waals surface area contributed by atoms with Crippen molar-refractivity contribution in [2.24, 2.45) is 0 Å². The van der Waals surface area contributed by atoms with Crippen LogP contribution in [0.2, 0.25) is 0 Å². The number of ether oxygens (including phenoxy) is 1. The molecule has 0 unspecified atom stereocenters. The van der Waals surface area contributed by atoms with Gasteiger partial charge in [0, 0.05) is 17.3 Å². The van der Waals surface area contributed by atoms with Crippen molar-refractivity contribution in [2.75, 3.05) is 11.9 Å². The van der Waals surface area contributed by atoms with E-state index in [4.69, 9.17) is 4.74 Å². The Bertz CT molecular complexity index is 1180. The van der Waals surface area contributed by atoms with E-state index in [9.17, 15) is 4.79 Å². The molecule has 2 heterocycles. The number of anilines is 1. The van der Waals surface area contributed by atoms with Gasteiger partial charge in [-0.25, -0.2) is 4.98 Å². The molecule has 164 valence electrons. The number of thiazole rings is 1. The third-order valence-electron chi connectivity index (χ3n) is 5.23. The van der Waals surface area contributed by atoms with Crippen LogP contribution in [0.4, 0.5) is 5.13 Å². The first-order valence-corrected chi connectivity index (χ1v) is 11.9. The third-order valence-corrected chi connectivity index (χ3v) is 6.16. The number of carbonyl (C=O) groups is 1. The highest BCUT2D eigenvalue weighted by molar-refractivity contribution is 7.22. The summed E-state index contributed by atoms with van der Waals surface area (Å²) in [6.45, 7) is 4.78. The molecule has 0 fully saturated rings. The van der Waals surface area contributed by atoms with E-state index in [-0.39, 0.29) is 5.91 Å². The van der Waals surface area contributed by atoms with Crippen molar-refractivity contribution in [3.05, 3.63) is 71.9 Å². The fraction of sp³-hybridized carbons (Fsp3) is 0.269. The number of unbranched alkanes of at least 4 members (excludes halogenated alkanes) is 2. The minimum atomic E-state index is -0.181. The average Bonchev–Trinajstić information content (AvgIpc) is 3.21. The minimum Gasteiger partial charge on any atom is -0.494 e. The van der Waals surface area contributed by atoms with E-state index in [2.05, 4.69) is 28.3 Å². The molecule has 1 N–H and O–H groups in total. The highest BCUT2D eigenvalue weighted by Gasteiger charge is 2.11. The summed E-state index contributed by atoms with van der Waals surface area (Å²) in [5.41, 5.74) is 4.59. The molecule has 4 aromatic rings. The van der Waals surface area contributed by atoms with E-state index in [0.717, 1.165) is 33.6 Å². The SMILES string of the molecule is CCCCCc1ccc(-c2ccc(C(=O)Nc3nc4ccc(OCC)cc4s3)cc2)nc1. The number of carbonyl (C=O) groups excluding carboxylic acids is 1. The summed E-state index contributed by atoms with van der Waals surface area (Å²) in [5.74, 6) is 0.625. The molecule has 0 aliphatic heterocycles. The number of rotatable bonds is 9. The molecule has 4 rings (SSSR count). The molecular weight excluding hydrogens is 418 g/mol. The van der Waals surface area contributed by atoms with Crippen LogP contribution in [0.25, 0.3) is 21.5 Å². The second-order valence-corrected chi connectivity index (χ2v) is 8.65. The number of aromatic nitrogens is 2. The summed E-state index contributed by atoms with van der Waals surface area (Å²) in [6.07, 6.45) is 6.69. The lowest BCUT2D eigenvalue weighted by atomic mass is 10.1. The van der Waals surface area contributed by atoms with E-state index in [0.29, 0.717) is 17.3 Å². The molecule has 2 aromatic heterocycles. The summed E-state index contributed by atoms with van der Waals surface area (Å²) in [4.78, 5) is 21.8. The van der Waals surface area contributed by atoms with Gasteiger partial charge in [-0.3, -0.25) is 15.1 Å². The smallest absolute Gasteiger partial charge is 0.257 e. The summed E-state index contributed by atoms with van der Waals surface area (Å²) >= 11 is 1.44. The van der Waals surface area contributed by atoms with E-state index >= 15 is 0 Å². The Kier molecular flexibility index (Phi) is 7.12. The Hall–Kier alpha value is -3.25. The maximum Gasteiger partial charge on any atom is 0.257 e. The molecule has 6 heteroatoms. The number of nitrogens with one attached hydrogen (secondary N) is 1. The largest absolute Gasteiger partial charge is 0.494 e. The zero-order chi connectivity index (χ0) is 22.3. The molecular formula is C26H27N3O2S. The number of fused-ring (bicyclic) bond motifs is 1. The molecule has 0 aliphatic rings. The van der Waals surface area contributed by atoms with Gasteiger partial charge in [-0.05, 0) is 61.7 Å². The quantitative estimate of drug-likeness (QED) is 0.290. The fourth-order valence-corrected chi connectivity index (χ4v) is 4.39. The molecule has 0 atom stereocenters. The Morgan fingerprint density at radius 2 is 1.88 bits per heavy atom. The highest BCUT2D eigenvalue weighted by Crippen LogP contribution is 2.29. The second kappa shape index (κ2) is 10.4. The lowest BCUT2D eigenvalue weighted by Crippen LogP contribution is -2.11. The Balaban J connectivity index is 1.41. The Morgan fingerprint density at radius 1 is 1.03 bits per heavy atom. The number of hydrogen-bond donors (Lipinski definition) is 1. The molecule has 0 saturated heterocycles. The van der Waals surface area contributed by atoms with Gasteiger partial charge in [-0.1, -0.05) is 49.3 Å². The molecule has 0 bridgehead atoms. The van der Waals surface area contributed by atoms with Gasteiger partial charge < -0.3 is 4.74 Å². The van der Waals surface area contributed by atoms with Gasteiger partial charge in [-0.2, -0.15) is 0 Å². The first kappa shape index (κ1) is 22.0. The van der Waals surface area contributed by atoms with Gasteiger partial charge >= 0.3 is 0 Å². The molecule has 32 heavy (non-hydrogen) atoms. The number of amides is 1. The molecule has 0 spiro atoms. The number of nitrogens with zero attached hydrogens (tertiary/aromatic N) is 2. The fourth-order valence-electron chi connectivity index (χ4n) is 3.50. The van der Waals surface area contributed by atoms with Crippen molar-refractivity contribution >= 4 is 32.6 Å². The molecule has 5 nitrogen and oxygen atoms in total. The van der Waals surface area contributed by atoms with Crippen LogP contribution in [0.1, 0.15) is 49.0 Å². The van der Waals surface area contributed by atoms with E-state index in [1.807, 2.05) is 61.7 Å². The molecule has 1 amide bonds. The van der Waals surface area contributed by atoms with Gasteiger partial charge in [0.2, 0.25) is 0 Å². The molecule has 2 aromatic carbocycles. The van der Waals surface area contributed by atoms with Gasteiger partial charge in [0.15, 0.2) is 5.13 Å². The predicted molar refractivity (Wildman–Crippen MR) is 132 cm³/mol. The number of pyridine rings is 1. The average molecular weight is 446 g/mol. The van der Waals surface area contributed by atoms with Crippen molar-refractivity contribution in [1.29, 1.82) is 0 Å². The van der Waals surface area contributed by atoms with Crippen LogP contribution >= 0.6 is 11.3 Å². The van der Waals surface area contributed by atoms with Crippen LogP contribution < -0.4 is 10.1 Å². The van der Waals surface area contributed by atoms with Crippen molar-refractivity contribution in [3.8, 4) is 17.0 Å². The first-order chi connectivity index (χ1) is 15.7. The molecule has 0 radical (unpaired) electrons. The number of aryl methyl sites for hydroxylation is 1. The summed E-state index contributed by atoms with van der Waals surface area (Å²) in [6, 6.07) is 17.4. The van der Waals surface area contributed by atoms with Crippen molar-refractivity contribution < 1.29 is 9.53 Å². The van der Waals surface area contributed by atoms with E-state index in [1.54, 1.807) is 0 Å². The standard InChI is InChI=1S/C26H27N3O2S/c1-3-5-6-7-18-8-14-22(27-17-18)19-9-11-20(12-10-19)25(30)29-26-28-23-15-13-21(31-4-2)16-24(23)32-26/h8-17H,3-7H2,1-2H3,(H,28,29,30). The van der Waals surface area contributed by atoms with Crippen LogP contribution in [0, 0.1) is 0 Å². The number of benzene rings is 2. The minimum absolute atomic E-state index is 0.181. The van der Waals surface area contributed by atoms with E-state index < -0.39 is 0 Å². The van der Waals surface area contributed by atoms with Crippen LogP contribution in [0.5, 0.6) is 5.75 Å². The normalized spacial score (nSPS) is 10.9. The maximum atomic E-state index is 12.7. The summed E-state index contributed by atoms with van der Waals surface area (Å²) in [5, 5.41) is 3.47. The van der Waals surface area contributed by atoms with Crippen LogP contribution in [-0.4, -0.2) is 22.5 Å². The van der Waals surface area contributed by atoms with Gasteiger partial charge in [0.05, 0.1) is 22.5 Å². The van der Waals surface area contributed by atoms with Gasteiger partial charge in [0.25, 0.3) is 5.91 Å². The summed E-state index contributed by atoms with van der Waals surface area (Å²) < 4.78 is 6.51. The van der Waals surface area contributed by atoms with Crippen LogP contribution in [0.15, 0.2) is 60.8 Å². The zero-order valence-corrected chi connectivity index (χ0v) is 19.2. The van der Waals surface area contributed by atoms with Gasteiger partial charge in [0.1, 0.15) is 5.75 Å². The Labute approximate surface area is 192 Å². The lowest BCUT2D eigenvalue weighted by molar-refractivity contribution is 0.102. The lowest BCUT2D eigenvalue weighted by Gasteiger charge is -2.05. The van der Waals surface area contributed by atoms with Crippen molar-refractivity contribution in [1.82, 2.24) is 9.97 Å². The van der Waals surface area contributed by atoms with Crippen LogP contribution in [-0.2, 0) is 6.42 Å². The van der Waals surface area contributed by atoms with E-state index in [1.165, 1.54) is 36.2 Å². The molecule has 0 aliphatic carbocycles. The van der Waals surface area contributed by atoms with Crippen molar-refractivity contribution in [2.45, 2.75) is 39.5 Å². The highest BCUT2D eigenvalue weighted by atomic mass is 32.1. The number of hydrogen-bond acceptors (Lipinski definition) is 5. The van der Waals surface area contributed by atoms with Gasteiger partial charge in [-0.15, -0.1) is 0 Å². The molecule has 0 saturated carbocycles. The second-order valence-electron chi connectivity index (χ2n) is 7.62. The Morgan fingerprint density at radius 3 is 2.59 bits per heavy atom.